The van der Waals surface area contributed by atoms with E-state index in [0.29, 0.717) is 0 Å². The van der Waals surface area contributed by atoms with Crippen molar-refractivity contribution in [3.8, 4) is 11.1 Å². The smallest absolute Gasteiger partial charge is 0.170 e. The SMILES string of the molecule is C=C/C=c1/c(-c2ccccc2)c(C(C)=O)sc1=C. The summed E-state index contributed by atoms with van der Waals surface area (Å²) in [6.07, 6.45) is 3.64. The molecule has 0 aliphatic rings. The van der Waals surface area contributed by atoms with Gasteiger partial charge in [0.05, 0.1) is 4.88 Å². The highest BCUT2D eigenvalue weighted by molar-refractivity contribution is 7.12. The molecule has 0 unspecified atom stereocenters. The first-order chi connectivity index (χ1) is 8.65. The lowest BCUT2D eigenvalue weighted by molar-refractivity contribution is 0.102. The average Bonchev–Trinajstić information content (AvgIpc) is 2.69. The van der Waals surface area contributed by atoms with Crippen molar-refractivity contribution < 1.29 is 4.79 Å². The van der Waals surface area contributed by atoms with E-state index in [4.69, 9.17) is 0 Å². The Hall–Kier alpha value is -1.93. The lowest BCUT2D eigenvalue weighted by atomic mass is 10.0. The Bertz CT molecular complexity index is 693. The summed E-state index contributed by atoms with van der Waals surface area (Å²) in [5, 5.41) is 0.992. The van der Waals surface area contributed by atoms with Crippen molar-refractivity contribution in [3.63, 3.8) is 0 Å². The molecule has 0 N–H and O–H groups in total. The summed E-state index contributed by atoms with van der Waals surface area (Å²) in [6, 6.07) is 9.92. The van der Waals surface area contributed by atoms with Crippen LogP contribution in [-0.4, -0.2) is 5.78 Å². The minimum absolute atomic E-state index is 0.0764. The van der Waals surface area contributed by atoms with Crippen LogP contribution in [0.4, 0.5) is 0 Å². The highest BCUT2D eigenvalue weighted by Gasteiger charge is 2.13. The Morgan fingerprint density at radius 3 is 2.50 bits per heavy atom. The third kappa shape index (κ3) is 2.20. The number of thiophene rings is 1. The van der Waals surface area contributed by atoms with Crippen molar-refractivity contribution in [1.29, 1.82) is 0 Å². The van der Waals surface area contributed by atoms with E-state index in [-0.39, 0.29) is 5.78 Å². The molecule has 1 nitrogen and oxygen atoms in total. The fourth-order valence-electron chi connectivity index (χ4n) is 1.92. The second-order valence-electron chi connectivity index (χ2n) is 3.97. The van der Waals surface area contributed by atoms with Gasteiger partial charge in [-0.2, -0.15) is 0 Å². The summed E-state index contributed by atoms with van der Waals surface area (Å²) < 4.78 is 0.902. The molecule has 1 aromatic carbocycles. The Labute approximate surface area is 110 Å². The van der Waals surface area contributed by atoms with Crippen LogP contribution in [0.1, 0.15) is 16.6 Å². The molecule has 18 heavy (non-hydrogen) atoms. The van der Waals surface area contributed by atoms with Gasteiger partial charge in [0, 0.05) is 15.3 Å². The molecule has 1 heterocycles. The highest BCUT2D eigenvalue weighted by Crippen LogP contribution is 2.22. The monoisotopic (exact) mass is 254 g/mol. The number of benzene rings is 1. The zero-order valence-electron chi connectivity index (χ0n) is 10.3. The van der Waals surface area contributed by atoms with Gasteiger partial charge in [-0.15, -0.1) is 11.3 Å². The summed E-state index contributed by atoms with van der Waals surface area (Å²) in [5.74, 6) is 0.0764. The van der Waals surface area contributed by atoms with Crippen molar-refractivity contribution in [2.75, 3.05) is 0 Å². The molecule has 2 heteroatoms. The number of rotatable bonds is 3. The second kappa shape index (κ2) is 5.15. The van der Waals surface area contributed by atoms with Gasteiger partial charge in [0.1, 0.15) is 0 Å². The Balaban J connectivity index is 2.87. The Morgan fingerprint density at radius 2 is 1.94 bits per heavy atom. The zero-order valence-corrected chi connectivity index (χ0v) is 11.1. The summed E-state index contributed by atoms with van der Waals surface area (Å²) in [5.41, 5.74) is 2.01. The number of carbonyl (C=O) groups excluding carboxylic acids is 1. The summed E-state index contributed by atoms with van der Waals surface area (Å²) in [7, 11) is 0. The van der Waals surface area contributed by atoms with Crippen LogP contribution in [0.3, 0.4) is 0 Å². The molecule has 0 bridgehead atoms. The van der Waals surface area contributed by atoms with E-state index < -0.39 is 0 Å². The molecule has 0 atom stereocenters. The van der Waals surface area contributed by atoms with E-state index in [2.05, 4.69) is 13.2 Å². The molecule has 0 saturated carbocycles. The van der Waals surface area contributed by atoms with Gasteiger partial charge in [0.25, 0.3) is 0 Å². The molecule has 1 aromatic heterocycles. The van der Waals surface area contributed by atoms with E-state index in [1.165, 1.54) is 11.3 Å². The third-order valence-corrected chi connectivity index (χ3v) is 3.85. The zero-order chi connectivity index (χ0) is 13.1. The van der Waals surface area contributed by atoms with Gasteiger partial charge in [-0.25, -0.2) is 0 Å². The van der Waals surface area contributed by atoms with Crippen LogP contribution in [0.5, 0.6) is 0 Å². The molecular weight excluding hydrogens is 240 g/mol. The van der Waals surface area contributed by atoms with Crippen LogP contribution in [-0.2, 0) is 0 Å². The van der Waals surface area contributed by atoms with Gasteiger partial charge in [-0.3, -0.25) is 4.79 Å². The molecule has 0 fully saturated rings. The van der Waals surface area contributed by atoms with E-state index in [0.717, 1.165) is 25.8 Å². The fraction of sp³-hybridized carbons (Fsp3) is 0.0625. The normalized spacial score (nSPS) is 11.5. The first-order valence-electron chi connectivity index (χ1n) is 5.66. The van der Waals surface area contributed by atoms with E-state index >= 15 is 0 Å². The predicted octanol–water partition coefficient (Wildman–Crippen LogP) is 2.99. The van der Waals surface area contributed by atoms with Crippen LogP contribution in [0.25, 0.3) is 23.8 Å². The maximum Gasteiger partial charge on any atom is 0.170 e. The number of hydrogen-bond acceptors (Lipinski definition) is 2. The fourth-order valence-corrected chi connectivity index (χ4v) is 2.92. The van der Waals surface area contributed by atoms with Crippen LogP contribution >= 0.6 is 11.3 Å². The lowest BCUT2D eigenvalue weighted by Crippen LogP contribution is -2.18. The van der Waals surface area contributed by atoms with Gasteiger partial charge in [-0.05, 0) is 12.5 Å². The molecule has 0 aliphatic heterocycles. The van der Waals surface area contributed by atoms with Crippen LogP contribution in [0.2, 0.25) is 0 Å². The number of Topliss-reactive ketones (excluding diaryl/α,β-unsaturated/α-hetero) is 1. The summed E-state index contributed by atoms with van der Waals surface area (Å²) in [4.78, 5) is 12.5. The molecule has 2 rings (SSSR count). The Morgan fingerprint density at radius 1 is 1.28 bits per heavy atom. The van der Waals surface area contributed by atoms with E-state index in [9.17, 15) is 4.79 Å². The van der Waals surface area contributed by atoms with Gasteiger partial charge < -0.3 is 0 Å². The third-order valence-electron chi connectivity index (χ3n) is 2.69. The summed E-state index contributed by atoms with van der Waals surface area (Å²) in [6.45, 7) is 9.33. The first-order valence-corrected chi connectivity index (χ1v) is 6.47. The van der Waals surface area contributed by atoms with Crippen molar-refractivity contribution in [1.82, 2.24) is 0 Å². The van der Waals surface area contributed by atoms with Gasteiger partial charge >= 0.3 is 0 Å². The molecular formula is C16H14OS. The maximum atomic E-state index is 11.8. The average molecular weight is 254 g/mol. The minimum Gasteiger partial charge on any atom is -0.294 e. The molecule has 0 radical (unpaired) electrons. The van der Waals surface area contributed by atoms with Crippen LogP contribution in [0.15, 0.2) is 43.0 Å². The second-order valence-corrected chi connectivity index (χ2v) is 5.07. The van der Waals surface area contributed by atoms with E-state index in [1.807, 2.05) is 36.4 Å². The predicted molar refractivity (Wildman–Crippen MR) is 79.2 cm³/mol. The van der Waals surface area contributed by atoms with Gasteiger partial charge in [0.15, 0.2) is 5.78 Å². The van der Waals surface area contributed by atoms with Crippen LogP contribution in [0, 0.1) is 0 Å². The molecule has 0 spiro atoms. The van der Waals surface area contributed by atoms with Crippen molar-refractivity contribution in [3.05, 3.63) is 57.6 Å². The topological polar surface area (TPSA) is 17.1 Å². The molecule has 0 amide bonds. The summed E-state index contributed by atoms with van der Waals surface area (Å²) >= 11 is 1.44. The number of hydrogen-bond donors (Lipinski definition) is 0. The Kier molecular flexibility index (Phi) is 3.58. The first kappa shape index (κ1) is 12.5. The quantitative estimate of drug-likeness (QED) is 0.770. The number of ketones is 1. The van der Waals surface area contributed by atoms with Crippen molar-refractivity contribution in [2.24, 2.45) is 0 Å². The van der Waals surface area contributed by atoms with Crippen molar-refractivity contribution >= 4 is 29.8 Å². The molecule has 0 saturated heterocycles. The number of carbonyl (C=O) groups is 1. The molecule has 0 aliphatic carbocycles. The largest absolute Gasteiger partial charge is 0.294 e. The van der Waals surface area contributed by atoms with Gasteiger partial charge in [-0.1, -0.05) is 55.6 Å². The number of allylic oxidation sites excluding steroid dienone is 1. The van der Waals surface area contributed by atoms with E-state index in [1.54, 1.807) is 13.0 Å². The standard InChI is InChI=1S/C16H14OS/c1-4-8-14-12(3)18-16(11(2)17)15(14)13-9-6-5-7-10-13/h4-10H,1,3H2,2H3/b14-8+. The van der Waals surface area contributed by atoms with Crippen LogP contribution < -0.4 is 9.75 Å². The molecule has 2 aromatic rings. The minimum atomic E-state index is 0.0764. The van der Waals surface area contributed by atoms with Crippen molar-refractivity contribution in [2.45, 2.75) is 6.92 Å². The lowest BCUT2D eigenvalue weighted by Gasteiger charge is -2.01. The molecule has 90 valence electrons. The van der Waals surface area contributed by atoms with Gasteiger partial charge in [0.2, 0.25) is 0 Å². The maximum absolute atomic E-state index is 11.8. The highest BCUT2D eigenvalue weighted by atomic mass is 32.1.